The first kappa shape index (κ1) is 17.0. The van der Waals surface area contributed by atoms with Gasteiger partial charge in [0, 0.05) is 14.1 Å². The lowest BCUT2D eigenvalue weighted by molar-refractivity contribution is -0.120. The fraction of sp³-hybridized carbons (Fsp3) is 0.273. The van der Waals surface area contributed by atoms with Crippen LogP contribution in [-0.2, 0) is 14.8 Å². The van der Waals surface area contributed by atoms with Crippen LogP contribution in [-0.4, -0.2) is 50.3 Å². The maximum absolute atomic E-state index is 13.9. The summed E-state index contributed by atoms with van der Waals surface area (Å²) in [5.41, 5.74) is -1.37. The molecule has 116 valence electrons. The number of hydrogen-bond donors (Lipinski definition) is 2. The van der Waals surface area contributed by atoms with E-state index in [1.807, 2.05) is 0 Å². The van der Waals surface area contributed by atoms with Crippen molar-refractivity contribution in [3.05, 3.63) is 29.3 Å². The van der Waals surface area contributed by atoms with Crippen molar-refractivity contribution in [2.75, 3.05) is 20.6 Å². The van der Waals surface area contributed by atoms with E-state index in [0.717, 1.165) is 7.05 Å². The Morgan fingerprint density at radius 1 is 1.33 bits per heavy atom. The number of likely N-dealkylation sites (N-methyl/N-ethyl adjacent to an activating group) is 2. The first-order valence-corrected chi connectivity index (χ1v) is 6.95. The van der Waals surface area contributed by atoms with Gasteiger partial charge >= 0.3 is 5.97 Å². The van der Waals surface area contributed by atoms with Gasteiger partial charge in [0.1, 0.15) is 16.3 Å². The highest BCUT2D eigenvalue weighted by Gasteiger charge is 2.30. The molecule has 0 unspecified atom stereocenters. The molecule has 0 saturated heterocycles. The highest BCUT2D eigenvalue weighted by atomic mass is 32.2. The van der Waals surface area contributed by atoms with Crippen molar-refractivity contribution in [1.29, 1.82) is 0 Å². The fourth-order valence-corrected chi connectivity index (χ4v) is 2.65. The van der Waals surface area contributed by atoms with Gasteiger partial charge in [-0.05, 0) is 12.1 Å². The molecule has 0 aliphatic rings. The van der Waals surface area contributed by atoms with Gasteiger partial charge in [-0.2, -0.15) is 4.31 Å². The van der Waals surface area contributed by atoms with Gasteiger partial charge < -0.3 is 10.4 Å². The van der Waals surface area contributed by atoms with E-state index in [1.54, 1.807) is 0 Å². The number of hydrogen-bond acceptors (Lipinski definition) is 4. The molecule has 10 heteroatoms. The average Bonchev–Trinajstić information content (AvgIpc) is 2.37. The second kappa shape index (κ2) is 6.14. The van der Waals surface area contributed by atoms with E-state index in [4.69, 9.17) is 5.11 Å². The lowest BCUT2D eigenvalue weighted by atomic mass is 10.2. The van der Waals surface area contributed by atoms with Gasteiger partial charge in [-0.3, -0.25) is 4.79 Å². The Labute approximate surface area is 119 Å². The van der Waals surface area contributed by atoms with Crippen LogP contribution < -0.4 is 5.32 Å². The van der Waals surface area contributed by atoms with Crippen LogP contribution in [0.2, 0.25) is 0 Å². The van der Waals surface area contributed by atoms with Gasteiger partial charge in [0.2, 0.25) is 15.9 Å². The van der Waals surface area contributed by atoms with Gasteiger partial charge in [0.25, 0.3) is 0 Å². The number of benzene rings is 1. The minimum Gasteiger partial charge on any atom is -0.477 e. The number of amides is 1. The SMILES string of the molecule is CNC(=O)CN(C)S(=O)(=O)c1ccc(F)c(C(=O)O)c1F. The lowest BCUT2D eigenvalue weighted by Crippen LogP contribution is -2.37. The van der Waals surface area contributed by atoms with Crippen molar-refractivity contribution in [3.63, 3.8) is 0 Å². The number of carboxylic acids is 1. The number of aromatic carboxylic acids is 1. The first-order chi connectivity index (χ1) is 9.62. The third-order valence-corrected chi connectivity index (χ3v) is 4.42. The second-order valence-corrected chi connectivity index (χ2v) is 5.99. The highest BCUT2D eigenvalue weighted by Crippen LogP contribution is 2.23. The second-order valence-electron chi connectivity index (χ2n) is 3.97. The number of carboxylic acid groups (broad SMARTS) is 1. The van der Waals surface area contributed by atoms with Crippen LogP contribution in [0.5, 0.6) is 0 Å². The molecule has 21 heavy (non-hydrogen) atoms. The normalized spacial score (nSPS) is 11.5. The topological polar surface area (TPSA) is 104 Å². The quantitative estimate of drug-likeness (QED) is 0.796. The minimum absolute atomic E-state index is 0.522. The molecule has 1 rings (SSSR count). The number of sulfonamides is 1. The molecule has 0 radical (unpaired) electrons. The number of nitrogens with one attached hydrogen (secondary N) is 1. The predicted molar refractivity (Wildman–Crippen MR) is 67.2 cm³/mol. The summed E-state index contributed by atoms with van der Waals surface area (Å²) in [5, 5.41) is 10.9. The molecule has 7 nitrogen and oxygen atoms in total. The summed E-state index contributed by atoms with van der Waals surface area (Å²) in [6.07, 6.45) is 0. The standard InChI is InChI=1S/C11H12F2N2O5S/c1-14-8(16)5-15(2)21(19,20)7-4-3-6(12)9(10(7)13)11(17)18/h3-4H,5H2,1-2H3,(H,14,16)(H,17,18). The monoisotopic (exact) mass is 322 g/mol. The van der Waals surface area contributed by atoms with E-state index in [2.05, 4.69) is 5.32 Å². The van der Waals surface area contributed by atoms with E-state index in [-0.39, 0.29) is 0 Å². The molecule has 0 aromatic heterocycles. The third kappa shape index (κ3) is 3.34. The molecule has 1 aromatic rings. The zero-order valence-corrected chi connectivity index (χ0v) is 11.9. The molecular formula is C11H12F2N2O5S. The number of carbonyl (C=O) groups is 2. The molecule has 0 aliphatic heterocycles. The summed E-state index contributed by atoms with van der Waals surface area (Å²) in [4.78, 5) is 20.9. The van der Waals surface area contributed by atoms with Crippen molar-refractivity contribution >= 4 is 21.9 Å². The lowest BCUT2D eigenvalue weighted by Gasteiger charge is -2.17. The first-order valence-electron chi connectivity index (χ1n) is 5.51. The maximum atomic E-state index is 13.9. The molecule has 0 atom stereocenters. The van der Waals surface area contributed by atoms with Crippen molar-refractivity contribution in [2.45, 2.75) is 4.90 Å². The number of rotatable bonds is 5. The van der Waals surface area contributed by atoms with Crippen molar-refractivity contribution < 1.29 is 31.9 Å². The van der Waals surface area contributed by atoms with Gasteiger partial charge in [-0.15, -0.1) is 0 Å². The molecule has 0 spiro atoms. The molecule has 1 amide bonds. The Morgan fingerprint density at radius 2 is 1.90 bits per heavy atom. The van der Waals surface area contributed by atoms with Gasteiger partial charge in [-0.25, -0.2) is 22.0 Å². The molecule has 0 heterocycles. The van der Waals surface area contributed by atoms with Gasteiger partial charge in [0.05, 0.1) is 6.54 Å². The maximum Gasteiger partial charge on any atom is 0.341 e. The van der Waals surface area contributed by atoms with E-state index in [9.17, 15) is 26.8 Å². The van der Waals surface area contributed by atoms with Crippen LogP contribution in [0.1, 0.15) is 10.4 Å². The number of carbonyl (C=O) groups excluding carboxylic acids is 1. The zero-order valence-electron chi connectivity index (χ0n) is 11.1. The van der Waals surface area contributed by atoms with Crippen LogP contribution in [0, 0.1) is 11.6 Å². The molecular weight excluding hydrogens is 310 g/mol. The Morgan fingerprint density at radius 3 is 2.38 bits per heavy atom. The van der Waals surface area contributed by atoms with E-state index in [1.165, 1.54) is 7.05 Å². The Bertz CT molecular complexity index is 690. The highest BCUT2D eigenvalue weighted by molar-refractivity contribution is 7.89. The molecule has 0 saturated carbocycles. The predicted octanol–water partition coefficient (Wildman–Crippen LogP) is 0.0295. The summed E-state index contributed by atoms with van der Waals surface area (Å²) >= 11 is 0. The van der Waals surface area contributed by atoms with E-state index >= 15 is 0 Å². The fourth-order valence-electron chi connectivity index (χ4n) is 1.46. The zero-order chi connectivity index (χ0) is 16.4. The summed E-state index contributed by atoms with van der Waals surface area (Å²) in [6.45, 7) is -0.599. The molecule has 2 N–H and O–H groups in total. The summed E-state index contributed by atoms with van der Waals surface area (Å²) < 4.78 is 51.9. The number of nitrogens with zero attached hydrogens (tertiary/aromatic N) is 1. The molecule has 0 fully saturated rings. The van der Waals surface area contributed by atoms with Crippen LogP contribution >= 0.6 is 0 Å². The molecule has 0 bridgehead atoms. The summed E-state index contributed by atoms with van der Waals surface area (Å²) in [7, 11) is -2.19. The minimum atomic E-state index is -4.48. The van der Waals surface area contributed by atoms with E-state index < -0.39 is 50.5 Å². The van der Waals surface area contributed by atoms with Gasteiger partial charge in [-0.1, -0.05) is 0 Å². The van der Waals surface area contributed by atoms with Crippen LogP contribution in [0.3, 0.4) is 0 Å². The van der Waals surface area contributed by atoms with Crippen LogP contribution in [0.4, 0.5) is 8.78 Å². The molecule has 1 aromatic carbocycles. The Balaban J connectivity index is 3.36. The number of halogens is 2. The summed E-state index contributed by atoms with van der Waals surface area (Å²) in [5.74, 6) is -5.70. The molecule has 0 aliphatic carbocycles. The smallest absolute Gasteiger partial charge is 0.341 e. The van der Waals surface area contributed by atoms with Crippen LogP contribution in [0.15, 0.2) is 17.0 Å². The van der Waals surface area contributed by atoms with E-state index in [0.29, 0.717) is 16.4 Å². The summed E-state index contributed by atoms with van der Waals surface area (Å²) in [6, 6.07) is 1.14. The third-order valence-electron chi connectivity index (χ3n) is 2.60. The van der Waals surface area contributed by atoms with Crippen molar-refractivity contribution in [1.82, 2.24) is 9.62 Å². The van der Waals surface area contributed by atoms with Crippen molar-refractivity contribution in [3.8, 4) is 0 Å². The largest absolute Gasteiger partial charge is 0.477 e. The van der Waals surface area contributed by atoms with Crippen LogP contribution in [0.25, 0.3) is 0 Å². The van der Waals surface area contributed by atoms with Gasteiger partial charge in [0.15, 0.2) is 5.82 Å². The average molecular weight is 322 g/mol. The van der Waals surface area contributed by atoms with Crippen molar-refractivity contribution in [2.24, 2.45) is 0 Å². The Kier molecular flexibility index (Phi) is 4.97. The Hall–Kier alpha value is -2.07.